The zero-order valence-corrected chi connectivity index (χ0v) is 9.66. The molecule has 2 N–H and O–H groups in total. The molecule has 92 valence electrons. The van der Waals surface area contributed by atoms with Crippen molar-refractivity contribution >= 4 is 11.9 Å². The van der Waals surface area contributed by atoms with Crippen molar-refractivity contribution in [3.63, 3.8) is 0 Å². The van der Waals surface area contributed by atoms with Crippen LogP contribution in [0.5, 0.6) is 0 Å². The largest absolute Gasteiger partial charge is 0.480 e. The average Bonchev–Trinajstić information content (AvgIpc) is 2.64. The highest BCUT2D eigenvalue weighted by Crippen LogP contribution is 2.22. The second-order valence-corrected chi connectivity index (χ2v) is 4.18. The van der Waals surface area contributed by atoms with Gasteiger partial charge in [0.25, 0.3) is 0 Å². The van der Waals surface area contributed by atoms with Crippen LogP contribution in [0.3, 0.4) is 0 Å². The van der Waals surface area contributed by atoms with Gasteiger partial charge >= 0.3 is 5.97 Å². The zero-order chi connectivity index (χ0) is 12.6. The highest BCUT2D eigenvalue weighted by Gasteiger charge is 2.37. The second-order valence-electron chi connectivity index (χ2n) is 4.18. The maximum Gasteiger partial charge on any atom is 0.326 e. The number of carbonyl (C=O) groups is 1. The van der Waals surface area contributed by atoms with E-state index in [1.165, 1.54) is 4.90 Å². The van der Waals surface area contributed by atoms with Gasteiger partial charge in [-0.05, 0) is 13.8 Å². The molecule has 1 aromatic heterocycles. The molecule has 1 aliphatic rings. The maximum atomic E-state index is 11.1. The molecule has 0 amide bonds. The first-order valence-electron chi connectivity index (χ1n) is 5.34. The number of aliphatic hydroxyl groups is 1. The van der Waals surface area contributed by atoms with Gasteiger partial charge in [0, 0.05) is 13.0 Å². The summed E-state index contributed by atoms with van der Waals surface area (Å²) in [4.78, 5) is 16.7. The predicted molar refractivity (Wildman–Crippen MR) is 58.7 cm³/mol. The van der Waals surface area contributed by atoms with Crippen molar-refractivity contribution in [2.24, 2.45) is 0 Å². The van der Waals surface area contributed by atoms with Crippen molar-refractivity contribution in [3.05, 3.63) is 11.4 Å². The number of aliphatic carboxylic acids is 1. The fourth-order valence-corrected chi connectivity index (χ4v) is 1.84. The third kappa shape index (κ3) is 2.19. The first-order valence-corrected chi connectivity index (χ1v) is 5.34. The average molecular weight is 238 g/mol. The summed E-state index contributed by atoms with van der Waals surface area (Å²) < 4.78 is 0. The summed E-state index contributed by atoms with van der Waals surface area (Å²) in [5.41, 5.74) is 1.42. The van der Waals surface area contributed by atoms with Crippen molar-refractivity contribution < 1.29 is 15.0 Å². The topological polar surface area (TPSA) is 99.4 Å². The molecule has 17 heavy (non-hydrogen) atoms. The lowest BCUT2D eigenvalue weighted by molar-refractivity contribution is -0.138. The molecule has 0 radical (unpaired) electrons. The van der Waals surface area contributed by atoms with E-state index in [1.807, 2.05) is 0 Å². The van der Waals surface area contributed by atoms with Crippen LogP contribution in [-0.4, -0.2) is 50.1 Å². The molecule has 2 atom stereocenters. The molecular weight excluding hydrogens is 224 g/mol. The molecule has 0 saturated carbocycles. The van der Waals surface area contributed by atoms with Crippen LogP contribution in [0.2, 0.25) is 0 Å². The fourth-order valence-electron chi connectivity index (χ4n) is 1.84. The van der Waals surface area contributed by atoms with Gasteiger partial charge in [0.1, 0.15) is 6.04 Å². The van der Waals surface area contributed by atoms with E-state index in [2.05, 4.69) is 15.2 Å². The number of hydrogen-bond donors (Lipinski definition) is 2. The molecule has 7 heteroatoms. The van der Waals surface area contributed by atoms with E-state index in [1.54, 1.807) is 13.8 Å². The molecule has 0 bridgehead atoms. The van der Waals surface area contributed by atoms with Gasteiger partial charge in [-0.1, -0.05) is 0 Å². The number of aliphatic hydroxyl groups excluding tert-OH is 1. The quantitative estimate of drug-likeness (QED) is 0.717. The van der Waals surface area contributed by atoms with Crippen LogP contribution in [0.15, 0.2) is 0 Å². The third-order valence-electron chi connectivity index (χ3n) is 2.90. The van der Waals surface area contributed by atoms with Crippen molar-refractivity contribution in [1.82, 2.24) is 15.2 Å². The van der Waals surface area contributed by atoms with Crippen LogP contribution in [0.4, 0.5) is 5.95 Å². The molecular formula is C10H14N4O3. The highest BCUT2D eigenvalue weighted by molar-refractivity contribution is 5.78. The Kier molecular flexibility index (Phi) is 2.93. The van der Waals surface area contributed by atoms with Gasteiger partial charge in [0.05, 0.1) is 17.5 Å². The number of hydrogen-bond acceptors (Lipinski definition) is 6. The molecule has 0 aliphatic carbocycles. The van der Waals surface area contributed by atoms with Gasteiger partial charge in [0.15, 0.2) is 0 Å². The van der Waals surface area contributed by atoms with E-state index >= 15 is 0 Å². The molecule has 2 rings (SSSR count). The SMILES string of the molecule is Cc1nnc(N2CC(O)CC2C(=O)O)nc1C. The minimum Gasteiger partial charge on any atom is -0.480 e. The lowest BCUT2D eigenvalue weighted by Gasteiger charge is -2.20. The molecule has 0 aromatic carbocycles. The molecule has 7 nitrogen and oxygen atoms in total. The lowest BCUT2D eigenvalue weighted by Crippen LogP contribution is -2.37. The Morgan fingerprint density at radius 2 is 2.06 bits per heavy atom. The number of carboxylic acid groups (broad SMARTS) is 1. The number of aryl methyl sites for hydroxylation is 2. The zero-order valence-electron chi connectivity index (χ0n) is 9.66. The van der Waals surface area contributed by atoms with Crippen molar-refractivity contribution in [2.45, 2.75) is 32.4 Å². The van der Waals surface area contributed by atoms with E-state index < -0.39 is 18.1 Å². The molecule has 1 fully saturated rings. The minimum absolute atomic E-state index is 0.186. The smallest absolute Gasteiger partial charge is 0.326 e. The molecule has 1 aliphatic heterocycles. The van der Waals surface area contributed by atoms with Gasteiger partial charge < -0.3 is 15.1 Å². The van der Waals surface area contributed by atoms with Crippen molar-refractivity contribution in [1.29, 1.82) is 0 Å². The Balaban J connectivity index is 2.31. The lowest BCUT2D eigenvalue weighted by atomic mass is 10.2. The molecule has 1 saturated heterocycles. The number of nitrogens with zero attached hydrogens (tertiary/aromatic N) is 4. The van der Waals surface area contributed by atoms with Crippen LogP contribution in [-0.2, 0) is 4.79 Å². The minimum atomic E-state index is -0.983. The first-order chi connectivity index (χ1) is 7.99. The number of rotatable bonds is 2. The van der Waals surface area contributed by atoms with E-state index in [4.69, 9.17) is 5.11 Å². The van der Waals surface area contributed by atoms with Crippen molar-refractivity contribution in [3.8, 4) is 0 Å². The summed E-state index contributed by atoms with van der Waals surface area (Å²) in [6.07, 6.45) is -0.479. The molecule has 1 aromatic rings. The van der Waals surface area contributed by atoms with Gasteiger partial charge in [-0.25, -0.2) is 9.78 Å². The number of aromatic nitrogens is 3. The van der Waals surface area contributed by atoms with Crippen LogP contribution in [0.25, 0.3) is 0 Å². The predicted octanol–water partition coefficient (Wildman–Crippen LogP) is -0.487. The standard InChI is InChI=1S/C10H14N4O3/c1-5-6(2)12-13-10(11-5)14-4-7(15)3-8(14)9(16)17/h7-8,15H,3-4H2,1-2H3,(H,16,17). The first kappa shape index (κ1) is 11.7. The number of β-amino-alcohol motifs (C(OH)–C–C–N with tert-alkyl or cyclic N) is 1. The molecule has 2 heterocycles. The second kappa shape index (κ2) is 4.25. The van der Waals surface area contributed by atoms with E-state index in [-0.39, 0.29) is 18.9 Å². The van der Waals surface area contributed by atoms with Crippen LogP contribution in [0, 0.1) is 13.8 Å². The summed E-state index contributed by atoms with van der Waals surface area (Å²) in [5, 5.41) is 26.4. The summed E-state index contributed by atoms with van der Waals surface area (Å²) in [7, 11) is 0. The maximum absolute atomic E-state index is 11.1. The van der Waals surface area contributed by atoms with E-state index in [9.17, 15) is 9.90 Å². The summed E-state index contributed by atoms with van der Waals surface area (Å²) in [6.45, 7) is 3.80. The summed E-state index contributed by atoms with van der Waals surface area (Å²) in [6, 6.07) is -0.783. The van der Waals surface area contributed by atoms with Crippen LogP contribution >= 0.6 is 0 Å². The Morgan fingerprint density at radius 3 is 2.65 bits per heavy atom. The van der Waals surface area contributed by atoms with Crippen LogP contribution in [0.1, 0.15) is 17.8 Å². The fraction of sp³-hybridized carbons (Fsp3) is 0.600. The van der Waals surface area contributed by atoms with E-state index in [0.29, 0.717) is 11.4 Å². The van der Waals surface area contributed by atoms with Gasteiger partial charge in [-0.3, -0.25) is 0 Å². The van der Waals surface area contributed by atoms with Crippen LogP contribution < -0.4 is 4.90 Å². The van der Waals surface area contributed by atoms with Gasteiger partial charge in [-0.15, -0.1) is 5.10 Å². The normalized spacial score (nSPS) is 24.1. The Labute approximate surface area is 98.1 Å². The molecule has 0 spiro atoms. The summed E-state index contributed by atoms with van der Waals surface area (Å²) >= 11 is 0. The molecule has 2 unspecified atom stereocenters. The monoisotopic (exact) mass is 238 g/mol. The Bertz CT molecular complexity index is 451. The highest BCUT2D eigenvalue weighted by atomic mass is 16.4. The Morgan fingerprint density at radius 1 is 1.35 bits per heavy atom. The summed E-state index contributed by atoms with van der Waals surface area (Å²) in [5.74, 6) is -0.722. The van der Waals surface area contributed by atoms with Gasteiger partial charge in [-0.2, -0.15) is 5.10 Å². The Hall–Kier alpha value is -1.76. The number of anilines is 1. The third-order valence-corrected chi connectivity index (χ3v) is 2.90. The number of carboxylic acids is 1. The van der Waals surface area contributed by atoms with Gasteiger partial charge in [0.2, 0.25) is 5.95 Å². The van der Waals surface area contributed by atoms with E-state index in [0.717, 1.165) is 0 Å². The van der Waals surface area contributed by atoms with Crippen molar-refractivity contribution in [2.75, 3.05) is 11.4 Å².